The highest BCUT2D eigenvalue weighted by Gasteiger charge is 2.09. The number of phenols is 2. The summed E-state index contributed by atoms with van der Waals surface area (Å²) in [6, 6.07) is 1.36. The van der Waals surface area contributed by atoms with E-state index in [1.54, 1.807) is 6.92 Å². The van der Waals surface area contributed by atoms with E-state index in [-0.39, 0.29) is 22.2 Å². The average molecular weight is 174 g/mol. The first kappa shape index (κ1) is 8.01. The molecule has 0 aliphatic heterocycles. The van der Waals surface area contributed by atoms with Crippen molar-refractivity contribution in [1.82, 2.24) is 0 Å². The molecule has 0 spiro atoms. The maximum atomic E-state index is 9.05. The number of rotatable bonds is 0. The number of nitrogens with two attached hydrogens (primary N) is 1. The molecule has 60 valence electrons. The molecule has 0 saturated heterocycles. The van der Waals surface area contributed by atoms with Crippen molar-refractivity contribution in [1.29, 1.82) is 0 Å². The molecule has 0 saturated carbocycles. The van der Waals surface area contributed by atoms with E-state index < -0.39 is 0 Å². The second-order valence-electron chi connectivity index (χ2n) is 2.29. The van der Waals surface area contributed by atoms with Gasteiger partial charge in [-0.2, -0.15) is 0 Å². The highest BCUT2D eigenvalue weighted by atomic mass is 35.5. The van der Waals surface area contributed by atoms with Crippen molar-refractivity contribution in [2.45, 2.75) is 6.92 Å². The molecule has 0 fully saturated rings. The lowest BCUT2D eigenvalue weighted by atomic mass is 10.2. The molecule has 3 nitrogen and oxygen atoms in total. The zero-order valence-electron chi connectivity index (χ0n) is 5.93. The first-order valence-electron chi connectivity index (χ1n) is 3.00. The summed E-state index contributed by atoms with van der Waals surface area (Å²) in [6.07, 6.45) is 0. The Labute approximate surface area is 69.0 Å². The number of aryl methyl sites for hydroxylation is 1. The van der Waals surface area contributed by atoms with Crippen molar-refractivity contribution in [3.05, 3.63) is 16.7 Å². The van der Waals surface area contributed by atoms with Crippen LogP contribution in [0.5, 0.6) is 11.5 Å². The Morgan fingerprint density at radius 2 is 2.00 bits per heavy atom. The molecule has 0 aromatic heterocycles. The molecule has 0 aliphatic carbocycles. The molecule has 1 aromatic rings. The number of nitrogen functional groups attached to an aromatic ring is 1. The molecule has 0 aliphatic rings. The minimum Gasteiger partial charge on any atom is -0.504 e. The monoisotopic (exact) mass is 173 g/mol. The molecule has 0 atom stereocenters. The van der Waals surface area contributed by atoms with Gasteiger partial charge in [0.15, 0.2) is 11.5 Å². The summed E-state index contributed by atoms with van der Waals surface area (Å²) in [5.41, 5.74) is 6.00. The lowest BCUT2D eigenvalue weighted by Crippen LogP contribution is -1.89. The fraction of sp³-hybridized carbons (Fsp3) is 0.143. The van der Waals surface area contributed by atoms with Crippen LogP contribution in [0.4, 0.5) is 5.69 Å². The lowest BCUT2D eigenvalue weighted by Gasteiger charge is -2.05. The van der Waals surface area contributed by atoms with Crippen molar-refractivity contribution in [3.8, 4) is 11.5 Å². The van der Waals surface area contributed by atoms with Gasteiger partial charge in [-0.05, 0) is 18.6 Å². The summed E-state index contributed by atoms with van der Waals surface area (Å²) in [7, 11) is 0. The van der Waals surface area contributed by atoms with Crippen LogP contribution in [0.3, 0.4) is 0 Å². The molecule has 0 amide bonds. The molecule has 4 N–H and O–H groups in total. The number of hydrogen-bond acceptors (Lipinski definition) is 3. The Hall–Kier alpha value is -1.09. The van der Waals surface area contributed by atoms with Crippen molar-refractivity contribution < 1.29 is 10.2 Å². The van der Waals surface area contributed by atoms with Crippen LogP contribution in [0.1, 0.15) is 5.56 Å². The highest BCUT2D eigenvalue weighted by Crippen LogP contribution is 2.38. The molecule has 1 rings (SSSR count). The fourth-order valence-electron chi connectivity index (χ4n) is 0.791. The maximum absolute atomic E-state index is 9.05. The van der Waals surface area contributed by atoms with E-state index in [1.807, 2.05) is 0 Å². The van der Waals surface area contributed by atoms with Gasteiger partial charge in [-0.15, -0.1) is 0 Å². The Bertz CT molecular complexity index is 273. The van der Waals surface area contributed by atoms with Crippen molar-refractivity contribution in [2.75, 3.05) is 5.73 Å². The molecule has 11 heavy (non-hydrogen) atoms. The van der Waals surface area contributed by atoms with Gasteiger partial charge in [-0.1, -0.05) is 11.6 Å². The minimum atomic E-state index is -0.361. The van der Waals surface area contributed by atoms with Gasteiger partial charge in [-0.25, -0.2) is 0 Å². The molecular formula is C7H8ClNO2. The van der Waals surface area contributed by atoms with E-state index in [2.05, 4.69) is 0 Å². The topological polar surface area (TPSA) is 66.5 Å². The molecule has 0 radical (unpaired) electrons. The number of hydrogen-bond donors (Lipinski definition) is 3. The minimum absolute atomic E-state index is 0.0177. The van der Waals surface area contributed by atoms with E-state index in [1.165, 1.54) is 6.07 Å². The van der Waals surface area contributed by atoms with Gasteiger partial charge in [0.2, 0.25) is 0 Å². The van der Waals surface area contributed by atoms with Crippen LogP contribution >= 0.6 is 11.6 Å². The zero-order chi connectivity index (χ0) is 8.59. The van der Waals surface area contributed by atoms with E-state index in [0.29, 0.717) is 5.56 Å². The van der Waals surface area contributed by atoms with E-state index in [9.17, 15) is 0 Å². The summed E-state index contributed by atoms with van der Waals surface area (Å²) in [5, 5.41) is 18.3. The van der Waals surface area contributed by atoms with Gasteiger partial charge in [0, 0.05) is 0 Å². The molecule has 0 bridgehead atoms. The standard InChI is InChI=1S/C7H8ClNO2/c1-3-2-4(10)7(11)6(9)5(3)8/h2,10-11H,9H2,1H3. The quantitative estimate of drug-likeness (QED) is 0.413. The van der Waals surface area contributed by atoms with E-state index in [0.717, 1.165) is 0 Å². The predicted octanol–water partition coefficient (Wildman–Crippen LogP) is 1.64. The highest BCUT2D eigenvalue weighted by molar-refractivity contribution is 6.34. The van der Waals surface area contributed by atoms with Crippen LogP contribution in [0.25, 0.3) is 0 Å². The molecule has 4 heteroatoms. The molecule has 0 heterocycles. The van der Waals surface area contributed by atoms with Gasteiger partial charge in [0.25, 0.3) is 0 Å². The second-order valence-corrected chi connectivity index (χ2v) is 2.67. The Balaban J connectivity index is 3.46. The third-order valence-corrected chi connectivity index (χ3v) is 1.94. The van der Waals surface area contributed by atoms with Crippen LogP contribution in [0.2, 0.25) is 5.02 Å². The van der Waals surface area contributed by atoms with Crippen LogP contribution in [0.15, 0.2) is 6.07 Å². The average Bonchev–Trinajstić information content (AvgIpc) is 1.97. The van der Waals surface area contributed by atoms with Crippen LogP contribution in [-0.4, -0.2) is 10.2 Å². The van der Waals surface area contributed by atoms with Gasteiger partial charge >= 0.3 is 0 Å². The first-order chi connectivity index (χ1) is 5.04. The van der Waals surface area contributed by atoms with Crippen molar-refractivity contribution in [2.24, 2.45) is 0 Å². The summed E-state index contributed by atoms with van der Waals surface area (Å²) in [5.74, 6) is -0.606. The van der Waals surface area contributed by atoms with E-state index >= 15 is 0 Å². The van der Waals surface area contributed by atoms with Crippen LogP contribution in [0, 0.1) is 6.92 Å². The third kappa shape index (κ3) is 1.19. The van der Waals surface area contributed by atoms with E-state index in [4.69, 9.17) is 27.5 Å². The van der Waals surface area contributed by atoms with Crippen molar-refractivity contribution in [3.63, 3.8) is 0 Å². The lowest BCUT2D eigenvalue weighted by molar-refractivity contribution is 0.405. The molecular weight excluding hydrogens is 166 g/mol. The maximum Gasteiger partial charge on any atom is 0.182 e. The number of anilines is 1. The van der Waals surface area contributed by atoms with Gasteiger partial charge < -0.3 is 15.9 Å². The summed E-state index contributed by atoms with van der Waals surface area (Å²) >= 11 is 5.66. The fourth-order valence-corrected chi connectivity index (χ4v) is 0.935. The number of benzene rings is 1. The summed E-state index contributed by atoms with van der Waals surface area (Å²) < 4.78 is 0. The zero-order valence-corrected chi connectivity index (χ0v) is 6.68. The third-order valence-electron chi connectivity index (χ3n) is 1.43. The first-order valence-corrected chi connectivity index (χ1v) is 3.38. The summed E-state index contributed by atoms with van der Waals surface area (Å²) in [4.78, 5) is 0. The Morgan fingerprint density at radius 1 is 1.45 bits per heavy atom. The predicted molar refractivity (Wildman–Crippen MR) is 43.9 cm³/mol. The number of aromatic hydroxyl groups is 2. The Morgan fingerprint density at radius 3 is 2.55 bits per heavy atom. The second kappa shape index (κ2) is 2.51. The summed E-state index contributed by atoms with van der Waals surface area (Å²) in [6.45, 7) is 1.69. The van der Waals surface area contributed by atoms with Gasteiger partial charge in [-0.3, -0.25) is 0 Å². The smallest absolute Gasteiger partial charge is 0.182 e. The van der Waals surface area contributed by atoms with Gasteiger partial charge in [0.1, 0.15) is 0 Å². The molecule has 1 aromatic carbocycles. The Kier molecular flexibility index (Phi) is 1.83. The van der Waals surface area contributed by atoms with Gasteiger partial charge in [0.05, 0.1) is 10.7 Å². The normalized spacial score (nSPS) is 10.0. The largest absolute Gasteiger partial charge is 0.504 e. The number of halogens is 1. The van der Waals surface area contributed by atoms with Crippen LogP contribution in [-0.2, 0) is 0 Å². The SMILES string of the molecule is Cc1cc(O)c(O)c(N)c1Cl. The molecule has 0 unspecified atom stereocenters. The number of phenolic OH excluding ortho intramolecular Hbond substituents is 2. The van der Waals surface area contributed by atoms with Crippen molar-refractivity contribution >= 4 is 17.3 Å². The van der Waals surface area contributed by atoms with Crippen LogP contribution < -0.4 is 5.73 Å².